The van der Waals surface area contributed by atoms with E-state index in [2.05, 4.69) is 10.2 Å². The van der Waals surface area contributed by atoms with E-state index in [4.69, 9.17) is 4.74 Å². The number of nitrogens with one attached hydrogen (secondary N) is 1. The van der Waals surface area contributed by atoms with Gasteiger partial charge in [-0.05, 0) is 36.6 Å². The van der Waals surface area contributed by atoms with Gasteiger partial charge < -0.3 is 15.0 Å². The normalized spacial score (nSPS) is 16.1. The van der Waals surface area contributed by atoms with Gasteiger partial charge in [-0.2, -0.15) is 0 Å². The standard InChI is InChI=1S/C22H27N3O3/c1-17-9-10-20(28-2)19(15-17)23-22(27)21(18-7-4-3-5-8-18)25-12-6-11-24(16-26)13-14-25/h3-5,7-10,15-16,21H,6,11-14H2,1-2H3,(H,23,27)/t21-/m1/s1. The fourth-order valence-electron chi connectivity index (χ4n) is 3.60. The molecule has 1 N–H and O–H groups in total. The van der Waals surface area contributed by atoms with E-state index >= 15 is 0 Å². The van der Waals surface area contributed by atoms with Crippen molar-refractivity contribution in [1.82, 2.24) is 9.80 Å². The number of carbonyl (C=O) groups excluding carboxylic acids is 2. The molecule has 0 unspecified atom stereocenters. The zero-order valence-corrected chi connectivity index (χ0v) is 16.4. The molecule has 2 aromatic carbocycles. The van der Waals surface area contributed by atoms with Gasteiger partial charge in [-0.25, -0.2) is 0 Å². The molecule has 1 fully saturated rings. The van der Waals surface area contributed by atoms with Crippen LogP contribution < -0.4 is 10.1 Å². The quantitative estimate of drug-likeness (QED) is 0.782. The summed E-state index contributed by atoms with van der Waals surface area (Å²) in [5.41, 5.74) is 2.65. The first-order valence-electron chi connectivity index (χ1n) is 9.56. The largest absolute Gasteiger partial charge is 0.495 e. The lowest BCUT2D eigenvalue weighted by atomic mass is 10.0. The van der Waals surface area contributed by atoms with E-state index in [-0.39, 0.29) is 5.91 Å². The van der Waals surface area contributed by atoms with Gasteiger partial charge in [0.1, 0.15) is 11.8 Å². The minimum Gasteiger partial charge on any atom is -0.495 e. The zero-order valence-electron chi connectivity index (χ0n) is 16.4. The van der Waals surface area contributed by atoms with Crippen molar-refractivity contribution in [3.8, 4) is 5.75 Å². The molecule has 0 bridgehead atoms. The zero-order chi connectivity index (χ0) is 19.9. The Bertz CT molecular complexity index is 810. The van der Waals surface area contributed by atoms with Crippen LogP contribution in [0.5, 0.6) is 5.75 Å². The summed E-state index contributed by atoms with van der Waals surface area (Å²) in [5, 5.41) is 3.06. The van der Waals surface area contributed by atoms with Gasteiger partial charge in [-0.1, -0.05) is 36.4 Å². The van der Waals surface area contributed by atoms with Gasteiger partial charge in [0, 0.05) is 26.2 Å². The smallest absolute Gasteiger partial charge is 0.246 e. The van der Waals surface area contributed by atoms with Crippen molar-refractivity contribution in [1.29, 1.82) is 0 Å². The molecule has 0 spiro atoms. The summed E-state index contributed by atoms with van der Waals surface area (Å²) in [6.45, 7) is 4.72. The molecule has 1 aliphatic heterocycles. The summed E-state index contributed by atoms with van der Waals surface area (Å²) in [7, 11) is 1.60. The van der Waals surface area contributed by atoms with Crippen molar-refractivity contribution >= 4 is 18.0 Å². The average molecular weight is 381 g/mol. The van der Waals surface area contributed by atoms with Crippen LogP contribution in [0.1, 0.15) is 23.6 Å². The van der Waals surface area contributed by atoms with Crippen molar-refractivity contribution in [2.45, 2.75) is 19.4 Å². The number of amides is 2. The molecule has 3 rings (SSSR count). The lowest BCUT2D eigenvalue weighted by Crippen LogP contribution is -2.39. The molecule has 6 nitrogen and oxygen atoms in total. The summed E-state index contributed by atoms with van der Waals surface area (Å²) in [5.74, 6) is 0.531. The Kier molecular flexibility index (Phi) is 6.66. The molecule has 6 heteroatoms. The third-order valence-electron chi connectivity index (χ3n) is 5.06. The number of methoxy groups -OCH3 is 1. The molecule has 28 heavy (non-hydrogen) atoms. The second kappa shape index (κ2) is 9.37. The Hall–Kier alpha value is -2.86. The third kappa shape index (κ3) is 4.70. The highest BCUT2D eigenvalue weighted by atomic mass is 16.5. The molecule has 0 saturated carbocycles. The lowest BCUT2D eigenvalue weighted by molar-refractivity contribution is -0.121. The molecule has 148 valence electrons. The van der Waals surface area contributed by atoms with E-state index in [0.29, 0.717) is 24.5 Å². The minimum absolute atomic E-state index is 0.102. The second-order valence-corrected chi connectivity index (χ2v) is 7.04. The van der Waals surface area contributed by atoms with Crippen LogP contribution in [0.4, 0.5) is 5.69 Å². The van der Waals surface area contributed by atoms with Crippen LogP contribution >= 0.6 is 0 Å². The highest BCUT2D eigenvalue weighted by Crippen LogP contribution is 2.29. The number of carbonyl (C=O) groups is 2. The van der Waals surface area contributed by atoms with Gasteiger partial charge in [-0.15, -0.1) is 0 Å². The number of ether oxygens (including phenoxy) is 1. The Morgan fingerprint density at radius 2 is 1.89 bits per heavy atom. The highest BCUT2D eigenvalue weighted by molar-refractivity contribution is 5.96. The van der Waals surface area contributed by atoms with Crippen molar-refractivity contribution in [3.63, 3.8) is 0 Å². The first-order valence-corrected chi connectivity index (χ1v) is 9.56. The molecule has 1 aliphatic rings. The number of aryl methyl sites for hydroxylation is 1. The maximum atomic E-state index is 13.4. The predicted octanol–water partition coefficient (Wildman–Crippen LogP) is 2.85. The van der Waals surface area contributed by atoms with Crippen molar-refractivity contribution < 1.29 is 14.3 Å². The third-order valence-corrected chi connectivity index (χ3v) is 5.06. The summed E-state index contributed by atoms with van der Waals surface area (Å²) >= 11 is 0. The summed E-state index contributed by atoms with van der Waals surface area (Å²) in [6, 6.07) is 15.1. The number of nitrogens with zero attached hydrogens (tertiary/aromatic N) is 2. The van der Waals surface area contributed by atoms with E-state index in [1.165, 1.54) is 0 Å². The topological polar surface area (TPSA) is 61.9 Å². The molecular formula is C22H27N3O3. The molecule has 1 saturated heterocycles. The van der Waals surface area contributed by atoms with Crippen LogP contribution in [-0.2, 0) is 9.59 Å². The summed E-state index contributed by atoms with van der Waals surface area (Å²) in [6.07, 6.45) is 1.72. The van der Waals surface area contributed by atoms with Gasteiger partial charge in [0.05, 0.1) is 12.8 Å². The second-order valence-electron chi connectivity index (χ2n) is 7.04. The van der Waals surface area contributed by atoms with Crippen molar-refractivity contribution in [3.05, 3.63) is 59.7 Å². The van der Waals surface area contributed by atoms with Crippen molar-refractivity contribution in [2.24, 2.45) is 0 Å². The van der Waals surface area contributed by atoms with Gasteiger partial charge in [0.25, 0.3) is 0 Å². The van der Waals surface area contributed by atoms with E-state index in [0.717, 1.165) is 37.0 Å². The van der Waals surface area contributed by atoms with Crippen LogP contribution in [0.3, 0.4) is 0 Å². The van der Waals surface area contributed by atoms with E-state index < -0.39 is 6.04 Å². The number of hydrogen-bond donors (Lipinski definition) is 1. The molecule has 2 amide bonds. The molecule has 2 aromatic rings. The highest BCUT2D eigenvalue weighted by Gasteiger charge is 2.29. The first-order chi connectivity index (χ1) is 13.6. The van der Waals surface area contributed by atoms with E-state index in [9.17, 15) is 9.59 Å². The van der Waals surface area contributed by atoms with Crippen LogP contribution in [-0.4, -0.2) is 55.4 Å². The predicted molar refractivity (Wildman–Crippen MR) is 109 cm³/mol. The van der Waals surface area contributed by atoms with Crippen LogP contribution in [0.2, 0.25) is 0 Å². The molecule has 1 atom stereocenters. The SMILES string of the molecule is COc1ccc(C)cc1NC(=O)[C@@H](c1ccccc1)N1CCCN(C=O)CC1. The van der Waals surface area contributed by atoms with Crippen LogP contribution in [0, 0.1) is 6.92 Å². The van der Waals surface area contributed by atoms with Gasteiger partial charge in [-0.3, -0.25) is 14.5 Å². The van der Waals surface area contributed by atoms with Crippen LogP contribution in [0.25, 0.3) is 0 Å². The fraction of sp³-hybridized carbons (Fsp3) is 0.364. The Labute approximate surface area is 166 Å². The minimum atomic E-state index is -0.432. The van der Waals surface area contributed by atoms with E-state index in [1.807, 2.05) is 55.5 Å². The average Bonchev–Trinajstić information content (AvgIpc) is 2.95. The summed E-state index contributed by atoms with van der Waals surface area (Å²) < 4.78 is 5.41. The number of rotatable bonds is 6. The summed E-state index contributed by atoms with van der Waals surface area (Å²) in [4.78, 5) is 28.4. The van der Waals surface area contributed by atoms with Crippen molar-refractivity contribution in [2.75, 3.05) is 38.6 Å². The van der Waals surface area contributed by atoms with Gasteiger partial charge in [0.2, 0.25) is 12.3 Å². The monoisotopic (exact) mass is 381 g/mol. The Morgan fingerprint density at radius 3 is 2.61 bits per heavy atom. The maximum Gasteiger partial charge on any atom is 0.246 e. The number of benzene rings is 2. The molecule has 0 aromatic heterocycles. The number of hydrogen-bond acceptors (Lipinski definition) is 4. The molecule has 0 aliphatic carbocycles. The van der Waals surface area contributed by atoms with Gasteiger partial charge in [0.15, 0.2) is 0 Å². The maximum absolute atomic E-state index is 13.4. The molecule has 1 heterocycles. The Balaban J connectivity index is 1.88. The van der Waals surface area contributed by atoms with Gasteiger partial charge >= 0.3 is 0 Å². The Morgan fingerprint density at radius 1 is 1.11 bits per heavy atom. The molecule has 0 radical (unpaired) electrons. The lowest BCUT2D eigenvalue weighted by Gasteiger charge is -2.30. The fourth-order valence-corrected chi connectivity index (χ4v) is 3.60. The van der Waals surface area contributed by atoms with Crippen LogP contribution in [0.15, 0.2) is 48.5 Å². The molecular weight excluding hydrogens is 354 g/mol. The number of anilines is 1. The van der Waals surface area contributed by atoms with E-state index in [1.54, 1.807) is 12.0 Å². The first kappa shape index (κ1) is 19.9.